The zero-order valence-corrected chi connectivity index (χ0v) is 11.8. The summed E-state index contributed by atoms with van der Waals surface area (Å²) in [5, 5.41) is 0.602. The number of carbonyl (C=O) groups is 1. The lowest BCUT2D eigenvalue weighted by Gasteiger charge is -2.33. The van der Waals surface area contributed by atoms with Gasteiger partial charge in [-0.2, -0.15) is 0 Å². The predicted octanol–water partition coefficient (Wildman–Crippen LogP) is 3.65. The van der Waals surface area contributed by atoms with Gasteiger partial charge < -0.3 is 9.64 Å². The Kier molecular flexibility index (Phi) is 3.36. The molecule has 0 saturated carbocycles. The summed E-state index contributed by atoms with van der Waals surface area (Å²) >= 11 is 5.99. The second kappa shape index (κ2) is 5.17. The molecule has 0 N–H and O–H groups in total. The first-order valence-electron chi connectivity index (χ1n) is 6.46. The molecule has 4 heteroatoms. The Morgan fingerprint density at radius 3 is 2.70 bits per heavy atom. The molecule has 0 fully saturated rings. The van der Waals surface area contributed by atoms with Crippen molar-refractivity contribution >= 4 is 23.2 Å². The number of nitrogens with zero attached hydrogens (tertiary/aromatic N) is 1. The largest absolute Gasteiger partial charge is 0.479 e. The molecule has 2 aromatic carbocycles. The summed E-state index contributed by atoms with van der Waals surface area (Å²) < 4.78 is 5.62. The first-order chi connectivity index (χ1) is 9.65. The highest BCUT2D eigenvalue weighted by molar-refractivity contribution is 6.30. The molecule has 0 unspecified atom stereocenters. The summed E-state index contributed by atoms with van der Waals surface area (Å²) in [6.07, 6.45) is -0.496. The lowest BCUT2D eigenvalue weighted by Crippen LogP contribution is -2.43. The maximum absolute atomic E-state index is 12.3. The first-order valence-corrected chi connectivity index (χ1v) is 6.84. The predicted molar refractivity (Wildman–Crippen MR) is 79.2 cm³/mol. The number of hydrogen-bond donors (Lipinski definition) is 0. The van der Waals surface area contributed by atoms with Gasteiger partial charge in [0.05, 0.1) is 12.2 Å². The molecule has 1 heterocycles. The Labute approximate surface area is 122 Å². The molecule has 1 aliphatic heterocycles. The highest BCUT2D eigenvalue weighted by atomic mass is 35.5. The SMILES string of the molecule is C[C@H]1Oc2cc(Cl)ccc2N(Cc2ccccc2)C1=O. The molecular weight excluding hydrogens is 274 g/mol. The van der Waals surface area contributed by atoms with E-state index in [4.69, 9.17) is 16.3 Å². The van der Waals surface area contributed by atoms with Crippen LogP contribution in [0.3, 0.4) is 0 Å². The molecule has 0 aromatic heterocycles. The van der Waals surface area contributed by atoms with Crippen LogP contribution in [0, 0.1) is 0 Å². The molecule has 0 spiro atoms. The summed E-state index contributed by atoms with van der Waals surface area (Å²) in [6.45, 7) is 2.28. The van der Waals surface area contributed by atoms with Gasteiger partial charge in [0.2, 0.25) is 0 Å². The second-order valence-corrected chi connectivity index (χ2v) is 5.22. The van der Waals surface area contributed by atoms with E-state index >= 15 is 0 Å². The van der Waals surface area contributed by atoms with Crippen molar-refractivity contribution in [3.8, 4) is 5.75 Å². The van der Waals surface area contributed by atoms with Gasteiger partial charge in [-0.1, -0.05) is 41.9 Å². The van der Waals surface area contributed by atoms with Gasteiger partial charge in [-0.3, -0.25) is 4.79 Å². The molecule has 102 valence electrons. The van der Waals surface area contributed by atoms with Crippen LogP contribution in [-0.2, 0) is 11.3 Å². The molecule has 1 atom stereocenters. The highest BCUT2D eigenvalue weighted by Crippen LogP contribution is 2.36. The third-order valence-corrected chi connectivity index (χ3v) is 3.55. The van der Waals surface area contributed by atoms with Crippen molar-refractivity contribution in [3.05, 3.63) is 59.1 Å². The Hall–Kier alpha value is -2.00. The van der Waals surface area contributed by atoms with Crippen molar-refractivity contribution in [2.45, 2.75) is 19.6 Å². The van der Waals surface area contributed by atoms with Crippen LogP contribution in [0.2, 0.25) is 5.02 Å². The van der Waals surface area contributed by atoms with E-state index in [1.165, 1.54) is 0 Å². The molecular formula is C16H14ClNO2. The molecule has 2 aromatic rings. The Morgan fingerprint density at radius 2 is 1.95 bits per heavy atom. The topological polar surface area (TPSA) is 29.5 Å². The Balaban J connectivity index is 1.99. The summed E-state index contributed by atoms with van der Waals surface area (Å²) in [6, 6.07) is 15.2. The lowest BCUT2D eigenvalue weighted by atomic mass is 10.1. The van der Waals surface area contributed by atoms with E-state index in [9.17, 15) is 4.79 Å². The second-order valence-electron chi connectivity index (χ2n) is 4.78. The number of ether oxygens (including phenoxy) is 1. The van der Waals surface area contributed by atoms with Gasteiger partial charge in [-0.25, -0.2) is 0 Å². The summed E-state index contributed by atoms with van der Waals surface area (Å²) in [5.41, 5.74) is 1.84. The van der Waals surface area contributed by atoms with Crippen LogP contribution in [0.15, 0.2) is 48.5 Å². The standard InChI is InChI=1S/C16H14ClNO2/c1-11-16(19)18(10-12-5-3-2-4-6-12)14-8-7-13(17)9-15(14)20-11/h2-9,11H,10H2,1H3/t11-/m1/s1. The molecule has 0 aliphatic carbocycles. The van der Waals surface area contributed by atoms with Gasteiger partial charge in [-0.05, 0) is 24.6 Å². The van der Waals surface area contributed by atoms with Crippen molar-refractivity contribution in [1.29, 1.82) is 0 Å². The van der Waals surface area contributed by atoms with Crippen LogP contribution in [-0.4, -0.2) is 12.0 Å². The van der Waals surface area contributed by atoms with Crippen LogP contribution < -0.4 is 9.64 Å². The van der Waals surface area contributed by atoms with Crippen LogP contribution in [0.4, 0.5) is 5.69 Å². The van der Waals surface area contributed by atoms with Gasteiger partial charge in [0.15, 0.2) is 6.10 Å². The maximum atomic E-state index is 12.3. The first kappa shape index (κ1) is 13.0. The monoisotopic (exact) mass is 287 g/mol. The van der Waals surface area contributed by atoms with Crippen molar-refractivity contribution in [2.24, 2.45) is 0 Å². The molecule has 0 saturated heterocycles. The number of carbonyl (C=O) groups excluding carboxylic acids is 1. The quantitative estimate of drug-likeness (QED) is 0.844. The van der Waals surface area contributed by atoms with Crippen LogP contribution in [0.1, 0.15) is 12.5 Å². The van der Waals surface area contributed by atoms with Crippen molar-refractivity contribution in [3.63, 3.8) is 0 Å². The number of rotatable bonds is 2. The molecule has 0 bridgehead atoms. The van der Waals surface area contributed by atoms with E-state index in [1.54, 1.807) is 24.0 Å². The average Bonchev–Trinajstić information content (AvgIpc) is 2.45. The van der Waals surface area contributed by atoms with E-state index in [0.717, 1.165) is 11.3 Å². The number of anilines is 1. The van der Waals surface area contributed by atoms with Crippen LogP contribution in [0.25, 0.3) is 0 Å². The van der Waals surface area contributed by atoms with Gasteiger partial charge in [0.25, 0.3) is 5.91 Å². The number of halogens is 1. The highest BCUT2D eigenvalue weighted by Gasteiger charge is 2.31. The molecule has 0 radical (unpaired) electrons. The fraction of sp³-hybridized carbons (Fsp3) is 0.188. The average molecular weight is 288 g/mol. The van der Waals surface area contributed by atoms with E-state index in [2.05, 4.69) is 0 Å². The fourth-order valence-electron chi connectivity index (χ4n) is 2.31. The van der Waals surface area contributed by atoms with E-state index in [0.29, 0.717) is 17.3 Å². The van der Waals surface area contributed by atoms with Gasteiger partial charge in [-0.15, -0.1) is 0 Å². The number of fused-ring (bicyclic) bond motifs is 1. The van der Waals surface area contributed by atoms with Crippen molar-refractivity contribution in [1.82, 2.24) is 0 Å². The minimum absolute atomic E-state index is 0.0383. The Morgan fingerprint density at radius 1 is 1.20 bits per heavy atom. The van der Waals surface area contributed by atoms with E-state index in [-0.39, 0.29) is 5.91 Å². The van der Waals surface area contributed by atoms with Gasteiger partial charge >= 0.3 is 0 Å². The number of amides is 1. The fourth-order valence-corrected chi connectivity index (χ4v) is 2.48. The van der Waals surface area contributed by atoms with Gasteiger partial charge in [0.1, 0.15) is 5.75 Å². The van der Waals surface area contributed by atoms with Crippen molar-refractivity contribution < 1.29 is 9.53 Å². The lowest BCUT2D eigenvalue weighted by molar-refractivity contribution is -0.125. The number of benzene rings is 2. The molecule has 1 aliphatic rings. The molecule has 20 heavy (non-hydrogen) atoms. The van der Waals surface area contributed by atoms with Crippen LogP contribution in [0.5, 0.6) is 5.75 Å². The van der Waals surface area contributed by atoms with Crippen molar-refractivity contribution in [2.75, 3.05) is 4.90 Å². The molecule has 3 nitrogen and oxygen atoms in total. The molecule has 1 amide bonds. The molecule has 3 rings (SSSR count). The minimum Gasteiger partial charge on any atom is -0.479 e. The zero-order chi connectivity index (χ0) is 14.1. The maximum Gasteiger partial charge on any atom is 0.268 e. The third-order valence-electron chi connectivity index (χ3n) is 3.31. The minimum atomic E-state index is -0.496. The third kappa shape index (κ3) is 2.37. The summed E-state index contributed by atoms with van der Waals surface area (Å²) in [4.78, 5) is 14.1. The van der Waals surface area contributed by atoms with E-state index in [1.807, 2.05) is 36.4 Å². The Bertz CT molecular complexity index is 642. The van der Waals surface area contributed by atoms with E-state index < -0.39 is 6.10 Å². The summed E-state index contributed by atoms with van der Waals surface area (Å²) in [7, 11) is 0. The zero-order valence-electron chi connectivity index (χ0n) is 11.0. The van der Waals surface area contributed by atoms with Crippen LogP contribution >= 0.6 is 11.6 Å². The smallest absolute Gasteiger partial charge is 0.268 e. The normalized spacial score (nSPS) is 17.6. The number of hydrogen-bond acceptors (Lipinski definition) is 2. The van der Waals surface area contributed by atoms with Gasteiger partial charge in [0, 0.05) is 11.1 Å². The summed E-state index contributed by atoms with van der Waals surface area (Å²) in [5.74, 6) is 0.615.